The Balaban J connectivity index is 1.53. The van der Waals surface area contributed by atoms with Crippen LogP contribution < -0.4 is 16.0 Å². The maximum atomic E-state index is 12.7. The summed E-state index contributed by atoms with van der Waals surface area (Å²) in [6.45, 7) is 11.5. The Labute approximate surface area is 162 Å². The molecule has 2 aliphatic rings. The van der Waals surface area contributed by atoms with Crippen molar-refractivity contribution < 1.29 is 9.53 Å². The van der Waals surface area contributed by atoms with E-state index in [0.29, 0.717) is 19.6 Å². The van der Waals surface area contributed by atoms with Gasteiger partial charge in [-0.1, -0.05) is 26.8 Å². The second-order valence-corrected chi connectivity index (χ2v) is 8.72. The van der Waals surface area contributed by atoms with E-state index in [1.165, 1.54) is 12.8 Å². The van der Waals surface area contributed by atoms with Crippen molar-refractivity contribution in [1.82, 2.24) is 10.3 Å². The van der Waals surface area contributed by atoms with Gasteiger partial charge in [-0.2, -0.15) is 0 Å². The molecule has 3 rings (SSSR count). The van der Waals surface area contributed by atoms with Crippen LogP contribution in [0.2, 0.25) is 0 Å². The number of nitrogens with zero attached hydrogens (tertiary/aromatic N) is 2. The summed E-state index contributed by atoms with van der Waals surface area (Å²) in [4.78, 5) is 19.6. The van der Waals surface area contributed by atoms with Gasteiger partial charge in [-0.3, -0.25) is 4.79 Å². The van der Waals surface area contributed by atoms with Crippen molar-refractivity contribution in [3.05, 3.63) is 23.9 Å². The average molecular weight is 375 g/mol. The fraction of sp³-hybridized carbons (Fsp3) is 0.714. The maximum absolute atomic E-state index is 12.7. The molecule has 3 N–H and O–H groups in total. The highest BCUT2D eigenvalue weighted by atomic mass is 16.5. The van der Waals surface area contributed by atoms with E-state index in [0.717, 1.165) is 30.4 Å². The smallest absolute Gasteiger partial charge is 0.241 e. The molecule has 0 radical (unpaired) electrons. The van der Waals surface area contributed by atoms with Gasteiger partial charge in [0.25, 0.3) is 0 Å². The van der Waals surface area contributed by atoms with Gasteiger partial charge in [0.2, 0.25) is 5.91 Å². The third-order valence-corrected chi connectivity index (χ3v) is 6.60. The first-order chi connectivity index (χ1) is 12.8. The standard InChI is InChI=1S/C21H34N4O2/c1-5-27-17-12-21(22,20(17,3)4)19(26)24-14-16-6-7-18(23-13-16)25-10-8-15(2)9-11-25/h6-7,13,15,17H,5,8-12,14,22H2,1-4H3,(H,24,26). The number of hydrogen-bond donors (Lipinski definition) is 2. The number of ether oxygens (including phenoxy) is 1. The summed E-state index contributed by atoms with van der Waals surface area (Å²) < 4.78 is 5.70. The molecule has 1 aromatic rings. The topological polar surface area (TPSA) is 80.5 Å². The van der Waals surface area contributed by atoms with E-state index in [9.17, 15) is 4.79 Å². The first-order valence-electron chi connectivity index (χ1n) is 10.2. The van der Waals surface area contributed by atoms with E-state index in [-0.39, 0.29) is 17.4 Å². The molecular formula is C21H34N4O2. The summed E-state index contributed by atoms with van der Waals surface area (Å²) >= 11 is 0. The van der Waals surface area contributed by atoms with Crippen LogP contribution in [0.1, 0.15) is 52.5 Å². The zero-order valence-corrected chi connectivity index (χ0v) is 17.1. The lowest BCUT2D eigenvalue weighted by Gasteiger charge is -2.57. The monoisotopic (exact) mass is 374 g/mol. The number of hydrogen-bond acceptors (Lipinski definition) is 5. The normalized spacial score (nSPS) is 27.9. The van der Waals surface area contributed by atoms with Gasteiger partial charge < -0.3 is 20.7 Å². The van der Waals surface area contributed by atoms with Gasteiger partial charge >= 0.3 is 0 Å². The van der Waals surface area contributed by atoms with Crippen LogP contribution in [0.15, 0.2) is 18.3 Å². The first-order valence-corrected chi connectivity index (χ1v) is 10.2. The number of carbonyl (C=O) groups is 1. The highest BCUT2D eigenvalue weighted by Crippen LogP contribution is 2.49. The molecule has 6 heteroatoms. The van der Waals surface area contributed by atoms with Crippen LogP contribution in [0.25, 0.3) is 0 Å². The molecule has 150 valence electrons. The maximum Gasteiger partial charge on any atom is 0.241 e. The van der Waals surface area contributed by atoms with Crippen molar-refractivity contribution in [2.45, 2.75) is 65.1 Å². The molecule has 1 amide bonds. The minimum Gasteiger partial charge on any atom is -0.378 e. The van der Waals surface area contributed by atoms with Gasteiger partial charge in [-0.05, 0) is 37.3 Å². The lowest BCUT2D eigenvalue weighted by Crippen LogP contribution is -2.75. The third-order valence-electron chi connectivity index (χ3n) is 6.60. The summed E-state index contributed by atoms with van der Waals surface area (Å²) in [6, 6.07) is 4.09. The Kier molecular flexibility index (Phi) is 5.77. The Hall–Kier alpha value is -1.66. The van der Waals surface area contributed by atoms with Gasteiger partial charge in [0.05, 0.1) is 6.10 Å². The highest BCUT2D eigenvalue weighted by Gasteiger charge is 2.62. The molecule has 2 unspecified atom stereocenters. The molecule has 2 heterocycles. The Bertz CT molecular complexity index is 653. The number of pyridine rings is 1. The summed E-state index contributed by atoms with van der Waals surface area (Å²) in [6.07, 6.45) is 4.88. The number of aromatic nitrogens is 1. The molecule has 2 atom stereocenters. The summed E-state index contributed by atoms with van der Waals surface area (Å²) in [5.74, 6) is 1.71. The highest BCUT2D eigenvalue weighted by molar-refractivity contribution is 5.88. The zero-order chi connectivity index (χ0) is 19.7. The quantitative estimate of drug-likeness (QED) is 0.799. The molecule has 1 saturated heterocycles. The van der Waals surface area contributed by atoms with Gasteiger partial charge in [0.1, 0.15) is 11.4 Å². The van der Waals surface area contributed by atoms with Crippen LogP contribution in [0.4, 0.5) is 5.82 Å². The lowest BCUT2D eigenvalue weighted by atomic mass is 9.54. The lowest BCUT2D eigenvalue weighted by molar-refractivity contribution is -0.170. The number of amides is 1. The van der Waals surface area contributed by atoms with Gasteiger partial charge in [-0.25, -0.2) is 4.98 Å². The van der Waals surface area contributed by atoms with Gasteiger partial charge in [-0.15, -0.1) is 0 Å². The molecule has 1 aliphatic carbocycles. The van der Waals surface area contributed by atoms with Crippen molar-refractivity contribution in [2.24, 2.45) is 17.1 Å². The Morgan fingerprint density at radius 3 is 2.63 bits per heavy atom. The van der Waals surface area contributed by atoms with Crippen molar-refractivity contribution in [3.63, 3.8) is 0 Å². The predicted octanol–water partition coefficient (Wildman–Crippen LogP) is 2.47. The van der Waals surface area contributed by atoms with Crippen LogP contribution in [0.5, 0.6) is 0 Å². The zero-order valence-electron chi connectivity index (χ0n) is 17.1. The summed E-state index contributed by atoms with van der Waals surface area (Å²) in [5, 5.41) is 2.99. The molecule has 0 bridgehead atoms. The van der Waals surface area contributed by atoms with E-state index in [2.05, 4.69) is 22.1 Å². The second kappa shape index (κ2) is 7.76. The minimum absolute atomic E-state index is 0.0338. The third kappa shape index (κ3) is 3.83. The van der Waals surface area contributed by atoms with Crippen LogP contribution in [0, 0.1) is 11.3 Å². The molecule has 2 fully saturated rings. The van der Waals surface area contributed by atoms with Gasteiger partial charge in [0, 0.05) is 44.3 Å². The van der Waals surface area contributed by atoms with Crippen molar-refractivity contribution in [1.29, 1.82) is 0 Å². The molecule has 1 aliphatic heterocycles. The van der Waals surface area contributed by atoms with Crippen molar-refractivity contribution in [2.75, 3.05) is 24.6 Å². The minimum atomic E-state index is -0.884. The largest absolute Gasteiger partial charge is 0.378 e. The molecular weight excluding hydrogens is 340 g/mol. The van der Waals surface area contributed by atoms with Gasteiger partial charge in [0.15, 0.2) is 0 Å². The van der Waals surface area contributed by atoms with Crippen LogP contribution in [-0.2, 0) is 16.1 Å². The van der Waals surface area contributed by atoms with E-state index in [4.69, 9.17) is 10.5 Å². The summed E-state index contributed by atoms with van der Waals surface area (Å²) in [7, 11) is 0. The number of piperidine rings is 1. The average Bonchev–Trinajstić information content (AvgIpc) is 2.67. The molecule has 0 aromatic carbocycles. The fourth-order valence-electron chi connectivity index (χ4n) is 4.11. The number of anilines is 1. The van der Waals surface area contributed by atoms with Crippen molar-refractivity contribution >= 4 is 11.7 Å². The molecule has 1 aromatic heterocycles. The van der Waals surface area contributed by atoms with Crippen molar-refractivity contribution in [3.8, 4) is 0 Å². The molecule has 0 spiro atoms. The number of rotatable bonds is 6. The SMILES string of the molecule is CCOC1CC(N)(C(=O)NCc2ccc(N3CCC(C)CC3)nc2)C1(C)C. The summed E-state index contributed by atoms with van der Waals surface area (Å²) in [5.41, 5.74) is 6.15. The molecule has 6 nitrogen and oxygen atoms in total. The predicted molar refractivity (Wildman–Crippen MR) is 107 cm³/mol. The van der Waals surface area contributed by atoms with E-state index in [1.807, 2.05) is 39.1 Å². The second-order valence-electron chi connectivity index (χ2n) is 8.72. The molecule has 27 heavy (non-hydrogen) atoms. The molecule has 1 saturated carbocycles. The van der Waals surface area contributed by atoms with Crippen LogP contribution in [0.3, 0.4) is 0 Å². The van der Waals surface area contributed by atoms with E-state index < -0.39 is 5.54 Å². The Morgan fingerprint density at radius 2 is 2.07 bits per heavy atom. The first kappa shape index (κ1) is 20.1. The number of nitrogens with two attached hydrogens (primary N) is 1. The number of nitrogens with one attached hydrogen (secondary N) is 1. The number of carbonyl (C=O) groups excluding carboxylic acids is 1. The van der Waals surface area contributed by atoms with E-state index >= 15 is 0 Å². The van der Waals surface area contributed by atoms with Crippen LogP contribution in [-0.4, -0.2) is 42.2 Å². The Morgan fingerprint density at radius 1 is 1.37 bits per heavy atom. The fourth-order valence-corrected chi connectivity index (χ4v) is 4.11. The van der Waals surface area contributed by atoms with E-state index in [1.54, 1.807) is 0 Å². The van der Waals surface area contributed by atoms with Crippen LogP contribution >= 0.6 is 0 Å².